The van der Waals surface area contributed by atoms with Gasteiger partial charge in [0.1, 0.15) is 11.5 Å². The molecule has 0 aliphatic rings. The van der Waals surface area contributed by atoms with E-state index in [9.17, 15) is 4.79 Å². The van der Waals surface area contributed by atoms with E-state index in [1.165, 1.54) is 0 Å². The van der Waals surface area contributed by atoms with E-state index in [2.05, 4.69) is 0 Å². The molecule has 0 spiro atoms. The molecule has 2 aromatic rings. The zero-order valence-corrected chi connectivity index (χ0v) is 11.1. The van der Waals surface area contributed by atoms with Gasteiger partial charge < -0.3 is 9.47 Å². The number of carbonyl (C=O) groups excluding carboxylic acids is 1. The Morgan fingerprint density at radius 3 is 2.26 bits per heavy atom. The lowest BCUT2D eigenvalue weighted by Gasteiger charge is -2.13. The van der Waals surface area contributed by atoms with E-state index in [1.54, 1.807) is 43.3 Å². The van der Waals surface area contributed by atoms with E-state index in [4.69, 9.17) is 21.1 Å². The summed E-state index contributed by atoms with van der Waals surface area (Å²) < 4.78 is 10.7. The number of rotatable bonds is 4. The van der Waals surface area contributed by atoms with Gasteiger partial charge in [-0.05, 0) is 43.3 Å². The highest BCUT2D eigenvalue weighted by Crippen LogP contribution is 2.17. The van der Waals surface area contributed by atoms with E-state index >= 15 is 0 Å². The number of halogens is 1. The van der Waals surface area contributed by atoms with Crippen LogP contribution in [0.4, 0.5) is 0 Å². The Balaban J connectivity index is 1.94. The lowest BCUT2D eigenvalue weighted by Crippen LogP contribution is -2.28. The van der Waals surface area contributed by atoms with E-state index < -0.39 is 12.1 Å². The molecule has 2 rings (SSSR count). The van der Waals surface area contributed by atoms with Gasteiger partial charge in [-0.3, -0.25) is 0 Å². The highest BCUT2D eigenvalue weighted by Gasteiger charge is 2.17. The van der Waals surface area contributed by atoms with E-state index in [0.29, 0.717) is 16.5 Å². The molecule has 0 radical (unpaired) electrons. The van der Waals surface area contributed by atoms with Crippen LogP contribution in [0.15, 0.2) is 54.6 Å². The predicted octanol–water partition coefficient (Wildman–Crippen LogP) is 3.71. The van der Waals surface area contributed by atoms with Crippen LogP contribution in [0.5, 0.6) is 11.5 Å². The Morgan fingerprint density at radius 2 is 1.63 bits per heavy atom. The molecule has 1 atom stereocenters. The Bertz CT molecular complexity index is 537. The van der Waals surface area contributed by atoms with E-state index in [-0.39, 0.29) is 0 Å². The Hall–Kier alpha value is -2.00. The maximum absolute atomic E-state index is 11.8. The summed E-state index contributed by atoms with van der Waals surface area (Å²) in [6, 6.07) is 15.7. The Labute approximate surface area is 116 Å². The number of hydrogen-bond acceptors (Lipinski definition) is 3. The molecule has 0 N–H and O–H groups in total. The van der Waals surface area contributed by atoms with Crippen molar-refractivity contribution in [1.29, 1.82) is 0 Å². The molecule has 0 aliphatic carbocycles. The van der Waals surface area contributed by atoms with Crippen LogP contribution in [0.1, 0.15) is 6.92 Å². The summed E-state index contributed by atoms with van der Waals surface area (Å²) >= 11 is 5.75. The summed E-state index contributed by atoms with van der Waals surface area (Å²) in [6.45, 7) is 1.64. The quantitative estimate of drug-likeness (QED) is 0.631. The van der Waals surface area contributed by atoms with Crippen molar-refractivity contribution in [1.82, 2.24) is 0 Å². The first-order chi connectivity index (χ1) is 9.15. The average molecular weight is 277 g/mol. The summed E-state index contributed by atoms with van der Waals surface area (Å²) in [5, 5.41) is 0.591. The first-order valence-electron chi connectivity index (χ1n) is 5.84. The maximum Gasteiger partial charge on any atom is 0.352 e. The fraction of sp³-hybridized carbons (Fsp3) is 0.133. The summed E-state index contributed by atoms with van der Waals surface area (Å²) in [6.07, 6.45) is -0.682. The minimum atomic E-state index is -0.682. The van der Waals surface area contributed by atoms with Crippen LogP contribution in [0, 0.1) is 0 Å². The molecule has 0 aliphatic heterocycles. The number of hydrogen-bond donors (Lipinski definition) is 0. The molecule has 0 fully saturated rings. The molecule has 0 saturated heterocycles. The first-order valence-corrected chi connectivity index (χ1v) is 6.22. The SMILES string of the molecule is CC(Oc1ccccc1)C(=O)Oc1ccc(Cl)cc1. The van der Waals surface area contributed by atoms with Crippen LogP contribution in [-0.2, 0) is 4.79 Å². The highest BCUT2D eigenvalue weighted by atomic mass is 35.5. The van der Waals surface area contributed by atoms with Gasteiger partial charge >= 0.3 is 5.97 Å². The van der Waals surface area contributed by atoms with Crippen molar-refractivity contribution >= 4 is 17.6 Å². The van der Waals surface area contributed by atoms with Crippen molar-refractivity contribution in [2.24, 2.45) is 0 Å². The van der Waals surface area contributed by atoms with Crippen LogP contribution in [0.2, 0.25) is 5.02 Å². The second-order valence-corrected chi connectivity index (χ2v) is 4.38. The molecule has 19 heavy (non-hydrogen) atoms. The second kappa shape index (κ2) is 6.25. The van der Waals surface area contributed by atoms with Gasteiger partial charge in [-0.15, -0.1) is 0 Å². The molecule has 2 aromatic carbocycles. The summed E-state index contributed by atoms with van der Waals surface area (Å²) in [5.41, 5.74) is 0. The van der Waals surface area contributed by atoms with Crippen LogP contribution in [-0.4, -0.2) is 12.1 Å². The molecule has 0 saturated carbocycles. The zero-order valence-electron chi connectivity index (χ0n) is 10.4. The third-order valence-corrected chi connectivity index (χ3v) is 2.67. The fourth-order valence-electron chi connectivity index (χ4n) is 1.45. The summed E-state index contributed by atoms with van der Waals surface area (Å²) in [4.78, 5) is 11.8. The smallest absolute Gasteiger partial charge is 0.352 e. The van der Waals surface area contributed by atoms with Crippen LogP contribution < -0.4 is 9.47 Å². The molecule has 0 amide bonds. The number of carbonyl (C=O) groups is 1. The number of benzene rings is 2. The fourth-order valence-corrected chi connectivity index (χ4v) is 1.58. The average Bonchev–Trinajstić information content (AvgIpc) is 2.42. The maximum atomic E-state index is 11.8. The van der Waals surface area contributed by atoms with Crippen LogP contribution in [0.3, 0.4) is 0 Å². The molecule has 1 unspecified atom stereocenters. The third-order valence-electron chi connectivity index (χ3n) is 2.42. The normalized spacial score (nSPS) is 11.7. The van der Waals surface area contributed by atoms with Crippen molar-refractivity contribution in [3.8, 4) is 11.5 Å². The van der Waals surface area contributed by atoms with Gasteiger partial charge in [0.15, 0.2) is 6.10 Å². The van der Waals surface area contributed by atoms with Gasteiger partial charge in [-0.25, -0.2) is 4.79 Å². The van der Waals surface area contributed by atoms with Crippen LogP contribution >= 0.6 is 11.6 Å². The van der Waals surface area contributed by atoms with Gasteiger partial charge in [0.2, 0.25) is 0 Å². The van der Waals surface area contributed by atoms with Gasteiger partial charge in [0, 0.05) is 5.02 Å². The van der Waals surface area contributed by atoms with Crippen molar-refractivity contribution < 1.29 is 14.3 Å². The minimum Gasteiger partial charge on any atom is -0.479 e. The van der Waals surface area contributed by atoms with Gasteiger partial charge in [-0.1, -0.05) is 29.8 Å². The topological polar surface area (TPSA) is 35.5 Å². The second-order valence-electron chi connectivity index (χ2n) is 3.95. The van der Waals surface area contributed by atoms with Crippen molar-refractivity contribution in [3.05, 3.63) is 59.6 Å². The molecule has 0 heterocycles. The highest BCUT2D eigenvalue weighted by molar-refractivity contribution is 6.30. The first kappa shape index (κ1) is 13.4. The van der Waals surface area contributed by atoms with Gasteiger partial charge in [0.05, 0.1) is 0 Å². The van der Waals surface area contributed by atoms with E-state index in [1.807, 2.05) is 18.2 Å². The Kier molecular flexibility index (Phi) is 4.42. The summed E-state index contributed by atoms with van der Waals surface area (Å²) in [5.74, 6) is 0.618. The number of ether oxygens (including phenoxy) is 2. The zero-order chi connectivity index (χ0) is 13.7. The Morgan fingerprint density at radius 1 is 1.00 bits per heavy atom. The minimum absolute atomic E-state index is 0.443. The largest absolute Gasteiger partial charge is 0.479 e. The number of esters is 1. The molecular weight excluding hydrogens is 264 g/mol. The lowest BCUT2D eigenvalue weighted by molar-refractivity contribution is -0.141. The third kappa shape index (κ3) is 4.00. The van der Waals surface area contributed by atoms with Crippen molar-refractivity contribution in [2.45, 2.75) is 13.0 Å². The predicted molar refractivity (Wildman–Crippen MR) is 73.6 cm³/mol. The van der Waals surface area contributed by atoms with Gasteiger partial charge in [0.25, 0.3) is 0 Å². The van der Waals surface area contributed by atoms with Gasteiger partial charge in [-0.2, -0.15) is 0 Å². The molecule has 3 nitrogen and oxygen atoms in total. The van der Waals surface area contributed by atoms with E-state index in [0.717, 1.165) is 0 Å². The van der Waals surface area contributed by atoms with Crippen molar-refractivity contribution in [2.75, 3.05) is 0 Å². The molecule has 0 aromatic heterocycles. The summed E-state index contributed by atoms with van der Waals surface area (Å²) in [7, 11) is 0. The standard InChI is InChI=1S/C15H13ClO3/c1-11(18-13-5-3-2-4-6-13)15(17)19-14-9-7-12(16)8-10-14/h2-11H,1H3. The number of para-hydroxylation sites is 1. The monoisotopic (exact) mass is 276 g/mol. The molecule has 0 bridgehead atoms. The molecular formula is C15H13ClO3. The van der Waals surface area contributed by atoms with Crippen molar-refractivity contribution in [3.63, 3.8) is 0 Å². The van der Waals surface area contributed by atoms with Crippen LogP contribution in [0.25, 0.3) is 0 Å². The lowest BCUT2D eigenvalue weighted by atomic mass is 10.3. The molecule has 98 valence electrons. The molecule has 4 heteroatoms.